The maximum atomic E-state index is 13.0. The van der Waals surface area contributed by atoms with Gasteiger partial charge in [-0.15, -0.1) is 0 Å². The summed E-state index contributed by atoms with van der Waals surface area (Å²) >= 11 is 0. The molecule has 148 valence electrons. The van der Waals surface area contributed by atoms with E-state index in [0.29, 0.717) is 38.8 Å². The molecule has 2 fully saturated rings. The molecule has 2 heterocycles. The molecule has 2 saturated heterocycles. The number of piperidine rings is 1. The number of nitrogens with zero attached hydrogens (tertiary/aromatic N) is 2. The maximum absolute atomic E-state index is 13.0. The van der Waals surface area contributed by atoms with E-state index in [1.807, 2.05) is 6.92 Å². The van der Waals surface area contributed by atoms with Gasteiger partial charge >= 0.3 is 5.97 Å². The minimum absolute atomic E-state index is 0.0985. The van der Waals surface area contributed by atoms with Gasteiger partial charge in [-0.3, -0.25) is 4.79 Å². The number of amides is 1. The van der Waals surface area contributed by atoms with Gasteiger partial charge in [0.2, 0.25) is 15.9 Å². The van der Waals surface area contributed by atoms with Crippen LogP contribution in [0.1, 0.15) is 38.2 Å². The summed E-state index contributed by atoms with van der Waals surface area (Å²) in [7, 11) is -3.67. The second kappa shape index (κ2) is 7.24. The molecule has 0 bridgehead atoms. The summed E-state index contributed by atoms with van der Waals surface area (Å²) < 4.78 is 27.2. The van der Waals surface area contributed by atoms with Gasteiger partial charge in [-0.25, -0.2) is 13.2 Å². The zero-order chi connectivity index (χ0) is 19.8. The van der Waals surface area contributed by atoms with Crippen LogP contribution < -0.4 is 0 Å². The third-order valence-corrected chi connectivity index (χ3v) is 7.64. The first-order valence-corrected chi connectivity index (χ1v) is 10.7. The van der Waals surface area contributed by atoms with E-state index in [9.17, 15) is 23.1 Å². The highest BCUT2D eigenvalue weighted by Gasteiger charge is 2.48. The van der Waals surface area contributed by atoms with Crippen LogP contribution in [0, 0.1) is 12.8 Å². The molecular weight excluding hydrogens is 368 g/mol. The average Bonchev–Trinajstić information content (AvgIpc) is 3.05. The van der Waals surface area contributed by atoms with E-state index in [-0.39, 0.29) is 17.3 Å². The van der Waals surface area contributed by atoms with Crippen LogP contribution in [0.5, 0.6) is 0 Å². The molecule has 0 aromatic heterocycles. The molecule has 0 saturated carbocycles. The highest BCUT2D eigenvalue weighted by molar-refractivity contribution is 7.89. The topological polar surface area (TPSA) is 95.0 Å². The zero-order valence-corrected chi connectivity index (χ0v) is 16.5. The number of aliphatic carboxylic acids is 1. The van der Waals surface area contributed by atoms with E-state index < -0.39 is 27.4 Å². The molecule has 2 aliphatic rings. The second-order valence-electron chi connectivity index (χ2n) is 7.69. The fourth-order valence-corrected chi connectivity index (χ4v) is 5.50. The summed E-state index contributed by atoms with van der Waals surface area (Å²) in [6.07, 6.45) is 2.23. The molecule has 1 N–H and O–H groups in total. The third-order valence-electron chi connectivity index (χ3n) is 5.76. The van der Waals surface area contributed by atoms with Gasteiger partial charge in [0.15, 0.2) is 0 Å². The van der Waals surface area contributed by atoms with Gasteiger partial charge in [0.1, 0.15) is 5.54 Å². The quantitative estimate of drug-likeness (QED) is 0.841. The Morgan fingerprint density at radius 1 is 1.15 bits per heavy atom. The Kier molecular flexibility index (Phi) is 5.31. The first kappa shape index (κ1) is 19.8. The fraction of sp³-hybridized carbons (Fsp3) is 0.579. The number of likely N-dealkylation sites (tertiary alicyclic amines) is 1. The van der Waals surface area contributed by atoms with Gasteiger partial charge in [-0.05, 0) is 51.7 Å². The Morgan fingerprint density at radius 3 is 2.44 bits per heavy atom. The largest absolute Gasteiger partial charge is 0.480 e. The summed E-state index contributed by atoms with van der Waals surface area (Å²) in [4.78, 5) is 26.3. The zero-order valence-electron chi connectivity index (χ0n) is 15.7. The monoisotopic (exact) mass is 394 g/mol. The van der Waals surface area contributed by atoms with E-state index in [1.54, 1.807) is 31.2 Å². The Labute approximate surface area is 160 Å². The number of carbonyl (C=O) groups is 2. The molecule has 0 radical (unpaired) electrons. The number of benzene rings is 1. The van der Waals surface area contributed by atoms with Crippen LogP contribution in [0.15, 0.2) is 29.2 Å². The molecule has 1 amide bonds. The van der Waals surface area contributed by atoms with Crippen molar-refractivity contribution in [1.29, 1.82) is 0 Å². The molecule has 27 heavy (non-hydrogen) atoms. The van der Waals surface area contributed by atoms with Crippen molar-refractivity contribution < 1.29 is 23.1 Å². The number of aryl methyl sites for hydroxylation is 1. The van der Waals surface area contributed by atoms with Crippen molar-refractivity contribution in [1.82, 2.24) is 9.21 Å². The van der Waals surface area contributed by atoms with Crippen LogP contribution in [0.25, 0.3) is 0 Å². The van der Waals surface area contributed by atoms with Gasteiger partial charge in [-0.1, -0.05) is 17.7 Å². The van der Waals surface area contributed by atoms with Gasteiger partial charge in [-0.2, -0.15) is 4.31 Å². The number of rotatable bonds is 4. The summed E-state index contributed by atoms with van der Waals surface area (Å²) in [6, 6.07) is 6.67. The Hall–Kier alpha value is -1.93. The minimum atomic E-state index is -3.67. The normalized spacial score (nSPS) is 26.9. The highest BCUT2D eigenvalue weighted by atomic mass is 32.2. The van der Waals surface area contributed by atoms with Crippen molar-refractivity contribution in [2.24, 2.45) is 5.92 Å². The molecular formula is C19H26N2O5S. The van der Waals surface area contributed by atoms with Crippen molar-refractivity contribution in [3.63, 3.8) is 0 Å². The van der Waals surface area contributed by atoms with Crippen molar-refractivity contribution in [3.8, 4) is 0 Å². The second-order valence-corrected chi connectivity index (χ2v) is 9.63. The standard InChI is InChI=1S/C19H26N2O5S/c1-14-6-8-16(9-7-14)27(25,26)20-11-3-5-15(13-20)17(22)21-12-4-10-19(21,2)18(23)24/h6-9,15H,3-5,10-13H2,1-2H3,(H,23,24). The fourth-order valence-electron chi connectivity index (χ4n) is 3.98. The van der Waals surface area contributed by atoms with Gasteiger partial charge in [0.25, 0.3) is 0 Å². The summed E-state index contributed by atoms with van der Waals surface area (Å²) in [5.41, 5.74) is -0.225. The molecule has 0 aliphatic carbocycles. The Bertz CT molecular complexity index is 836. The van der Waals surface area contributed by atoms with Gasteiger partial charge in [0.05, 0.1) is 10.8 Å². The lowest BCUT2D eigenvalue weighted by molar-refractivity contribution is -0.157. The third kappa shape index (κ3) is 3.60. The first-order valence-electron chi connectivity index (χ1n) is 9.28. The predicted molar refractivity (Wildman–Crippen MR) is 99.6 cm³/mol. The van der Waals surface area contributed by atoms with Crippen molar-refractivity contribution in [2.75, 3.05) is 19.6 Å². The SMILES string of the molecule is Cc1ccc(S(=O)(=O)N2CCCC(C(=O)N3CCCC3(C)C(=O)O)C2)cc1. The Morgan fingerprint density at radius 2 is 1.81 bits per heavy atom. The van der Waals surface area contributed by atoms with Crippen LogP contribution >= 0.6 is 0 Å². The molecule has 1 aromatic carbocycles. The molecule has 7 nitrogen and oxygen atoms in total. The number of sulfonamides is 1. The van der Waals surface area contributed by atoms with Crippen LogP contribution in [-0.2, 0) is 19.6 Å². The van der Waals surface area contributed by atoms with E-state index in [2.05, 4.69) is 0 Å². The molecule has 2 atom stereocenters. The molecule has 2 aliphatic heterocycles. The van der Waals surface area contributed by atoms with Crippen molar-refractivity contribution >= 4 is 21.9 Å². The summed E-state index contributed by atoms with van der Waals surface area (Å²) in [5, 5.41) is 9.54. The number of hydrogen-bond donors (Lipinski definition) is 1. The lowest BCUT2D eigenvalue weighted by atomic mass is 9.94. The Balaban J connectivity index is 1.79. The van der Waals surface area contributed by atoms with Crippen LogP contribution in [0.2, 0.25) is 0 Å². The van der Waals surface area contributed by atoms with E-state index in [4.69, 9.17) is 0 Å². The van der Waals surface area contributed by atoms with Crippen LogP contribution in [0.4, 0.5) is 0 Å². The van der Waals surface area contributed by atoms with Crippen molar-refractivity contribution in [3.05, 3.63) is 29.8 Å². The van der Waals surface area contributed by atoms with Gasteiger partial charge < -0.3 is 10.0 Å². The van der Waals surface area contributed by atoms with Crippen LogP contribution in [-0.4, -0.2) is 59.8 Å². The lowest BCUT2D eigenvalue weighted by Crippen LogP contribution is -2.55. The molecule has 2 unspecified atom stereocenters. The predicted octanol–water partition coefficient (Wildman–Crippen LogP) is 1.86. The number of carboxylic acid groups (broad SMARTS) is 1. The van der Waals surface area contributed by atoms with Gasteiger partial charge in [0, 0.05) is 19.6 Å². The minimum Gasteiger partial charge on any atom is -0.480 e. The highest BCUT2D eigenvalue weighted by Crippen LogP contribution is 2.33. The smallest absolute Gasteiger partial charge is 0.329 e. The van der Waals surface area contributed by atoms with E-state index in [1.165, 1.54) is 9.21 Å². The maximum Gasteiger partial charge on any atom is 0.329 e. The van der Waals surface area contributed by atoms with Crippen LogP contribution in [0.3, 0.4) is 0 Å². The number of hydrogen-bond acceptors (Lipinski definition) is 4. The van der Waals surface area contributed by atoms with E-state index >= 15 is 0 Å². The van der Waals surface area contributed by atoms with Crippen molar-refractivity contribution in [2.45, 2.75) is 50.0 Å². The summed E-state index contributed by atoms with van der Waals surface area (Å²) in [5.74, 6) is -1.76. The molecule has 3 rings (SSSR count). The first-order chi connectivity index (χ1) is 12.7. The lowest BCUT2D eigenvalue weighted by Gasteiger charge is -2.37. The number of carbonyl (C=O) groups excluding carboxylic acids is 1. The average molecular weight is 394 g/mol. The number of carboxylic acids is 1. The summed E-state index contributed by atoms with van der Waals surface area (Å²) in [6.45, 7) is 4.34. The molecule has 1 aromatic rings. The van der Waals surface area contributed by atoms with E-state index in [0.717, 1.165) is 5.56 Å². The molecule has 0 spiro atoms. The molecule has 8 heteroatoms.